The van der Waals surface area contributed by atoms with E-state index < -0.39 is 0 Å². The number of rotatable bonds is 4. The van der Waals surface area contributed by atoms with Crippen molar-refractivity contribution in [3.05, 3.63) is 29.9 Å². The highest BCUT2D eigenvalue weighted by Gasteiger charge is 2.23. The molecule has 1 atom stereocenters. The van der Waals surface area contributed by atoms with Crippen molar-refractivity contribution in [2.75, 3.05) is 24.6 Å². The Morgan fingerprint density at radius 3 is 3.20 bits per heavy atom. The summed E-state index contributed by atoms with van der Waals surface area (Å²) in [6.45, 7) is 2.18. The third kappa shape index (κ3) is 3.04. The number of anilines is 1. The van der Waals surface area contributed by atoms with E-state index in [2.05, 4.69) is 15.0 Å². The minimum absolute atomic E-state index is 0.363. The lowest BCUT2D eigenvalue weighted by Crippen LogP contribution is -2.38. The largest absolute Gasteiger partial charge is 0.470 e. The zero-order chi connectivity index (χ0) is 13.8. The van der Waals surface area contributed by atoms with Crippen LogP contribution in [0.5, 0.6) is 5.19 Å². The Kier molecular flexibility index (Phi) is 4.05. The fraction of sp³-hybridized carbons (Fsp3) is 0.462. The van der Waals surface area contributed by atoms with Crippen LogP contribution in [0.4, 0.5) is 10.2 Å². The van der Waals surface area contributed by atoms with Gasteiger partial charge in [0, 0.05) is 30.6 Å². The van der Waals surface area contributed by atoms with E-state index in [-0.39, 0.29) is 5.82 Å². The first-order valence-corrected chi connectivity index (χ1v) is 7.43. The van der Waals surface area contributed by atoms with Gasteiger partial charge in [-0.1, -0.05) is 11.3 Å². The van der Waals surface area contributed by atoms with Crippen molar-refractivity contribution < 1.29 is 9.13 Å². The zero-order valence-corrected chi connectivity index (χ0v) is 11.7. The molecule has 0 radical (unpaired) electrons. The number of nitrogens with zero attached hydrogens (tertiary/aromatic N) is 4. The minimum Gasteiger partial charge on any atom is -0.470 e. The summed E-state index contributed by atoms with van der Waals surface area (Å²) in [4.78, 5) is 13.8. The highest BCUT2D eigenvalue weighted by Crippen LogP contribution is 2.24. The van der Waals surface area contributed by atoms with E-state index in [4.69, 9.17) is 4.74 Å². The predicted octanol–water partition coefficient (Wildman–Crippen LogP) is 2.37. The third-order valence-electron chi connectivity index (χ3n) is 3.32. The third-order valence-corrected chi connectivity index (χ3v) is 4.00. The van der Waals surface area contributed by atoms with E-state index in [0.717, 1.165) is 25.9 Å². The molecule has 0 amide bonds. The number of halogens is 1. The Bertz CT molecular complexity index is 551. The number of hydrogen-bond donors (Lipinski definition) is 0. The maximum atomic E-state index is 13.7. The van der Waals surface area contributed by atoms with Crippen LogP contribution in [0, 0.1) is 11.7 Å². The molecule has 1 aliphatic heterocycles. The summed E-state index contributed by atoms with van der Waals surface area (Å²) in [7, 11) is 0. The smallest absolute Gasteiger partial charge is 0.273 e. The summed E-state index contributed by atoms with van der Waals surface area (Å²) in [5.74, 6) is 0.384. The van der Waals surface area contributed by atoms with Gasteiger partial charge in [-0.25, -0.2) is 19.3 Å². The molecule has 1 unspecified atom stereocenters. The molecule has 5 nitrogen and oxygen atoms in total. The first-order valence-electron chi connectivity index (χ1n) is 6.55. The van der Waals surface area contributed by atoms with Gasteiger partial charge >= 0.3 is 0 Å². The Labute approximate surface area is 120 Å². The number of thiazole rings is 1. The standard InChI is InChI=1S/C13H15FN4OS/c14-11-6-15-9-17-12(11)18-4-1-2-10(7-18)8-19-13-16-3-5-20-13/h3,5-6,9-10H,1-2,4,7-8H2. The summed E-state index contributed by atoms with van der Waals surface area (Å²) in [6, 6.07) is 0. The van der Waals surface area contributed by atoms with Crippen molar-refractivity contribution in [2.45, 2.75) is 12.8 Å². The fourth-order valence-corrected chi connectivity index (χ4v) is 2.90. The first-order chi connectivity index (χ1) is 9.83. The number of aromatic nitrogens is 3. The molecule has 3 heterocycles. The normalized spacial score (nSPS) is 19.1. The van der Waals surface area contributed by atoms with Gasteiger partial charge in [-0.3, -0.25) is 0 Å². The zero-order valence-electron chi connectivity index (χ0n) is 10.9. The van der Waals surface area contributed by atoms with Crippen molar-refractivity contribution >= 4 is 17.2 Å². The molecule has 0 saturated carbocycles. The van der Waals surface area contributed by atoms with Gasteiger partial charge in [0.05, 0.1) is 12.8 Å². The SMILES string of the molecule is Fc1cncnc1N1CCCC(COc2nccs2)C1. The Hall–Kier alpha value is -1.76. The van der Waals surface area contributed by atoms with Crippen LogP contribution in [-0.2, 0) is 0 Å². The lowest BCUT2D eigenvalue weighted by Gasteiger charge is -2.33. The van der Waals surface area contributed by atoms with Gasteiger partial charge in [-0.2, -0.15) is 0 Å². The van der Waals surface area contributed by atoms with Gasteiger partial charge in [0.25, 0.3) is 5.19 Å². The quantitative estimate of drug-likeness (QED) is 0.866. The molecule has 0 spiro atoms. The molecule has 0 aromatic carbocycles. The van der Waals surface area contributed by atoms with Crippen molar-refractivity contribution in [2.24, 2.45) is 5.92 Å². The topological polar surface area (TPSA) is 51.1 Å². The highest BCUT2D eigenvalue weighted by molar-refractivity contribution is 7.11. The maximum absolute atomic E-state index is 13.7. The Morgan fingerprint density at radius 1 is 1.45 bits per heavy atom. The van der Waals surface area contributed by atoms with Crippen LogP contribution < -0.4 is 9.64 Å². The van der Waals surface area contributed by atoms with Crippen molar-refractivity contribution in [3.63, 3.8) is 0 Å². The van der Waals surface area contributed by atoms with Crippen LogP contribution in [-0.4, -0.2) is 34.6 Å². The molecule has 3 rings (SSSR count). The van der Waals surface area contributed by atoms with Crippen molar-refractivity contribution in [1.82, 2.24) is 15.0 Å². The summed E-state index contributed by atoms with van der Waals surface area (Å²) in [6.07, 6.45) is 6.40. The summed E-state index contributed by atoms with van der Waals surface area (Å²) in [5, 5.41) is 2.58. The number of piperidine rings is 1. The summed E-state index contributed by atoms with van der Waals surface area (Å²) >= 11 is 1.48. The van der Waals surface area contributed by atoms with E-state index in [1.807, 2.05) is 10.3 Å². The molecule has 1 fully saturated rings. The van der Waals surface area contributed by atoms with Gasteiger partial charge in [-0.05, 0) is 12.8 Å². The predicted molar refractivity (Wildman–Crippen MR) is 74.5 cm³/mol. The molecule has 0 N–H and O–H groups in total. The molecule has 2 aromatic heterocycles. The summed E-state index contributed by atoms with van der Waals surface area (Å²) in [5.41, 5.74) is 0. The molecule has 1 saturated heterocycles. The van der Waals surface area contributed by atoms with E-state index in [0.29, 0.717) is 23.5 Å². The van der Waals surface area contributed by atoms with E-state index in [1.165, 1.54) is 23.9 Å². The van der Waals surface area contributed by atoms with Crippen LogP contribution in [0.15, 0.2) is 24.1 Å². The van der Waals surface area contributed by atoms with Crippen LogP contribution >= 0.6 is 11.3 Å². The van der Waals surface area contributed by atoms with Crippen LogP contribution in [0.25, 0.3) is 0 Å². The molecule has 106 valence electrons. The molecule has 0 aliphatic carbocycles. The molecule has 1 aliphatic rings. The van der Waals surface area contributed by atoms with Gasteiger partial charge in [0.15, 0.2) is 11.6 Å². The second-order valence-corrected chi connectivity index (χ2v) is 5.61. The molecular formula is C13H15FN4OS. The molecule has 20 heavy (non-hydrogen) atoms. The molecule has 7 heteroatoms. The van der Waals surface area contributed by atoms with E-state index >= 15 is 0 Å². The number of hydrogen-bond acceptors (Lipinski definition) is 6. The molecular weight excluding hydrogens is 279 g/mol. The van der Waals surface area contributed by atoms with E-state index in [9.17, 15) is 4.39 Å². The molecule has 2 aromatic rings. The average Bonchev–Trinajstić information content (AvgIpc) is 2.99. The first kappa shape index (κ1) is 13.2. The molecule has 0 bridgehead atoms. The fourth-order valence-electron chi connectivity index (χ4n) is 2.40. The van der Waals surface area contributed by atoms with Crippen molar-refractivity contribution in [1.29, 1.82) is 0 Å². The second kappa shape index (κ2) is 6.13. The average molecular weight is 294 g/mol. The van der Waals surface area contributed by atoms with Gasteiger partial charge < -0.3 is 9.64 Å². The highest BCUT2D eigenvalue weighted by atomic mass is 32.1. The van der Waals surface area contributed by atoms with E-state index in [1.54, 1.807) is 6.20 Å². The Balaban J connectivity index is 1.60. The van der Waals surface area contributed by atoms with Gasteiger partial charge in [-0.15, -0.1) is 0 Å². The number of ether oxygens (including phenoxy) is 1. The summed E-state index contributed by atoms with van der Waals surface area (Å²) < 4.78 is 19.4. The van der Waals surface area contributed by atoms with Crippen LogP contribution in [0.1, 0.15) is 12.8 Å². The second-order valence-electron chi connectivity index (χ2n) is 4.76. The van der Waals surface area contributed by atoms with Gasteiger partial charge in [0.2, 0.25) is 0 Å². The lowest BCUT2D eigenvalue weighted by molar-refractivity contribution is 0.227. The monoisotopic (exact) mass is 294 g/mol. The maximum Gasteiger partial charge on any atom is 0.273 e. The van der Waals surface area contributed by atoms with Crippen molar-refractivity contribution in [3.8, 4) is 5.19 Å². The Morgan fingerprint density at radius 2 is 2.40 bits per heavy atom. The van der Waals surface area contributed by atoms with Crippen LogP contribution in [0.2, 0.25) is 0 Å². The minimum atomic E-state index is -0.367. The van der Waals surface area contributed by atoms with Gasteiger partial charge in [0.1, 0.15) is 6.33 Å². The van der Waals surface area contributed by atoms with Crippen LogP contribution in [0.3, 0.4) is 0 Å². The lowest BCUT2D eigenvalue weighted by atomic mass is 9.99.